The van der Waals surface area contributed by atoms with E-state index in [1.54, 1.807) is 11.9 Å². The van der Waals surface area contributed by atoms with E-state index in [9.17, 15) is 9.59 Å². The van der Waals surface area contributed by atoms with Gasteiger partial charge in [0.15, 0.2) is 0 Å². The standard InChI is InChI=1S/C30H34N6O2/c1-34(2)23-17-19-36(20-18-23)24-15-13-22(14-16-24)31-30(38)33-28-29(37)35(3)26-12-8-7-11-25(26)27(32-28)21-9-5-4-6-10-21/h4-16,23,28H,17-20H2,1-3H3,(H2,31,33,38). The lowest BCUT2D eigenvalue weighted by molar-refractivity contribution is -0.119. The van der Waals surface area contributed by atoms with Crippen molar-refractivity contribution in [2.24, 2.45) is 4.99 Å². The van der Waals surface area contributed by atoms with Gasteiger partial charge in [0.2, 0.25) is 6.17 Å². The molecular formula is C30H34N6O2. The summed E-state index contributed by atoms with van der Waals surface area (Å²) in [7, 11) is 5.98. The van der Waals surface area contributed by atoms with Gasteiger partial charge in [0.1, 0.15) is 0 Å². The third-order valence-electron chi connectivity index (χ3n) is 7.34. The molecule has 2 aliphatic rings. The number of para-hydroxylation sites is 1. The van der Waals surface area contributed by atoms with Crippen LogP contribution in [0, 0.1) is 0 Å². The highest BCUT2D eigenvalue weighted by atomic mass is 16.2. The number of piperidine rings is 1. The van der Waals surface area contributed by atoms with E-state index in [4.69, 9.17) is 4.99 Å². The zero-order chi connectivity index (χ0) is 26.6. The van der Waals surface area contributed by atoms with Crippen LogP contribution in [0.1, 0.15) is 24.0 Å². The zero-order valence-electron chi connectivity index (χ0n) is 22.1. The van der Waals surface area contributed by atoms with Gasteiger partial charge in [-0.05, 0) is 57.3 Å². The first-order valence-corrected chi connectivity index (χ1v) is 13.0. The SMILES string of the molecule is CN1C(=O)C(NC(=O)Nc2ccc(N3CCC(N(C)C)CC3)cc2)N=C(c2ccccc2)c2ccccc21. The van der Waals surface area contributed by atoms with Crippen molar-refractivity contribution in [2.75, 3.05) is 49.3 Å². The van der Waals surface area contributed by atoms with Gasteiger partial charge in [-0.3, -0.25) is 4.79 Å². The highest BCUT2D eigenvalue weighted by Crippen LogP contribution is 2.27. The smallest absolute Gasteiger partial charge is 0.321 e. The highest BCUT2D eigenvalue weighted by Gasteiger charge is 2.31. The van der Waals surface area contributed by atoms with Gasteiger partial charge in [0.25, 0.3) is 5.91 Å². The normalized spacial score (nSPS) is 18.1. The Balaban J connectivity index is 1.30. The maximum atomic E-state index is 13.3. The first kappa shape index (κ1) is 25.5. The lowest BCUT2D eigenvalue weighted by Gasteiger charge is -2.36. The molecule has 2 aliphatic heterocycles. The number of hydrogen-bond donors (Lipinski definition) is 2. The number of carbonyl (C=O) groups is 2. The van der Waals surface area contributed by atoms with Crippen molar-refractivity contribution in [3.63, 3.8) is 0 Å². The van der Waals surface area contributed by atoms with Crippen LogP contribution in [0.15, 0.2) is 83.9 Å². The molecular weight excluding hydrogens is 476 g/mol. The Morgan fingerprint density at radius 3 is 2.26 bits per heavy atom. The molecule has 8 nitrogen and oxygen atoms in total. The molecule has 8 heteroatoms. The number of urea groups is 1. The van der Waals surface area contributed by atoms with Crippen molar-refractivity contribution in [1.82, 2.24) is 10.2 Å². The molecule has 3 amide bonds. The molecule has 0 radical (unpaired) electrons. The van der Waals surface area contributed by atoms with Crippen LogP contribution in [-0.4, -0.2) is 69.0 Å². The van der Waals surface area contributed by atoms with Crippen LogP contribution >= 0.6 is 0 Å². The van der Waals surface area contributed by atoms with Gasteiger partial charge in [-0.2, -0.15) is 0 Å². The fraction of sp³-hybridized carbons (Fsp3) is 0.300. The molecule has 5 rings (SSSR count). The number of nitrogens with one attached hydrogen (secondary N) is 2. The summed E-state index contributed by atoms with van der Waals surface area (Å²) in [5.41, 5.74) is 4.91. The molecule has 0 spiro atoms. The number of benzodiazepines with no additional fused rings is 1. The van der Waals surface area contributed by atoms with Gasteiger partial charge in [0.05, 0.1) is 11.4 Å². The molecule has 196 valence electrons. The van der Waals surface area contributed by atoms with E-state index in [-0.39, 0.29) is 5.91 Å². The molecule has 0 bridgehead atoms. The quantitative estimate of drug-likeness (QED) is 0.540. The molecule has 38 heavy (non-hydrogen) atoms. The zero-order valence-corrected chi connectivity index (χ0v) is 22.1. The van der Waals surface area contributed by atoms with Gasteiger partial charge in [-0.15, -0.1) is 0 Å². The van der Waals surface area contributed by atoms with Gasteiger partial charge in [-0.25, -0.2) is 9.79 Å². The Labute approximate surface area is 224 Å². The molecule has 0 aliphatic carbocycles. The second kappa shape index (κ2) is 11.1. The number of benzene rings is 3. The van der Waals surface area contributed by atoms with E-state index in [1.165, 1.54) is 0 Å². The Bertz CT molecular complexity index is 1310. The van der Waals surface area contributed by atoms with E-state index < -0.39 is 12.2 Å². The number of likely N-dealkylation sites (N-methyl/N-ethyl adjacent to an activating group) is 1. The minimum absolute atomic E-state index is 0.310. The summed E-state index contributed by atoms with van der Waals surface area (Å²) in [6.07, 6.45) is 1.20. The Hall–Kier alpha value is -4.17. The number of aliphatic imine (C=N–C) groups is 1. The molecule has 1 atom stereocenters. The monoisotopic (exact) mass is 510 g/mol. The van der Waals surface area contributed by atoms with Crippen molar-refractivity contribution >= 4 is 34.7 Å². The van der Waals surface area contributed by atoms with E-state index in [0.29, 0.717) is 17.4 Å². The molecule has 2 heterocycles. The summed E-state index contributed by atoms with van der Waals surface area (Å²) < 4.78 is 0. The van der Waals surface area contributed by atoms with E-state index in [0.717, 1.165) is 48.4 Å². The number of fused-ring (bicyclic) bond motifs is 1. The van der Waals surface area contributed by atoms with Crippen LogP contribution in [0.25, 0.3) is 0 Å². The van der Waals surface area contributed by atoms with Gasteiger partial charge >= 0.3 is 6.03 Å². The van der Waals surface area contributed by atoms with E-state index >= 15 is 0 Å². The number of rotatable bonds is 5. The molecule has 1 fully saturated rings. The van der Waals surface area contributed by atoms with Crippen LogP contribution in [0.2, 0.25) is 0 Å². The van der Waals surface area contributed by atoms with Crippen molar-refractivity contribution in [3.8, 4) is 0 Å². The topological polar surface area (TPSA) is 80.3 Å². The lowest BCUT2D eigenvalue weighted by atomic mass is 10.0. The van der Waals surface area contributed by atoms with E-state index in [1.807, 2.05) is 78.9 Å². The molecule has 0 aromatic heterocycles. The van der Waals surface area contributed by atoms with Crippen molar-refractivity contribution < 1.29 is 9.59 Å². The minimum Gasteiger partial charge on any atom is -0.371 e. The van der Waals surface area contributed by atoms with Gasteiger partial charge < -0.3 is 25.3 Å². The Morgan fingerprint density at radius 1 is 0.921 bits per heavy atom. The third kappa shape index (κ3) is 5.40. The van der Waals surface area contributed by atoms with Crippen LogP contribution in [0.4, 0.5) is 21.9 Å². The summed E-state index contributed by atoms with van der Waals surface area (Å²) >= 11 is 0. The average Bonchev–Trinajstić information content (AvgIpc) is 3.04. The Morgan fingerprint density at radius 2 is 1.58 bits per heavy atom. The van der Waals surface area contributed by atoms with Crippen LogP contribution in [-0.2, 0) is 4.79 Å². The minimum atomic E-state index is -1.07. The van der Waals surface area contributed by atoms with Gasteiger partial charge in [-0.1, -0.05) is 48.5 Å². The van der Waals surface area contributed by atoms with Crippen LogP contribution in [0.3, 0.4) is 0 Å². The predicted octanol–water partition coefficient (Wildman–Crippen LogP) is 4.18. The second-order valence-corrected chi connectivity index (χ2v) is 9.99. The summed E-state index contributed by atoms with van der Waals surface area (Å²) in [6, 6.07) is 25.3. The average molecular weight is 511 g/mol. The third-order valence-corrected chi connectivity index (χ3v) is 7.34. The van der Waals surface area contributed by atoms with Gasteiger partial charge in [0, 0.05) is 48.7 Å². The maximum Gasteiger partial charge on any atom is 0.321 e. The summed E-state index contributed by atoms with van der Waals surface area (Å²) in [4.78, 5) is 37.3. The van der Waals surface area contributed by atoms with Crippen LogP contribution in [0.5, 0.6) is 0 Å². The van der Waals surface area contributed by atoms with Crippen molar-refractivity contribution in [3.05, 3.63) is 90.0 Å². The Kier molecular flexibility index (Phi) is 7.42. The van der Waals surface area contributed by atoms with Crippen LogP contribution < -0.4 is 20.4 Å². The molecule has 3 aromatic rings. The number of nitrogens with zero attached hydrogens (tertiary/aromatic N) is 4. The molecule has 1 unspecified atom stereocenters. The summed E-state index contributed by atoms with van der Waals surface area (Å²) in [5, 5.41) is 5.63. The number of amides is 3. The first-order chi connectivity index (χ1) is 18.4. The number of carbonyl (C=O) groups excluding carboxylic acids is 2. The predicted molar refractivity (Wildman–Crippen MR) is 153 cm³/mol. The molecule has 0 saturated carbocycles. The highest BCUT2D eigenvalue weighted by molar-refractivity contribution is 6.20. The lowest BCUT2D eigenvalue weighted by Crippen LogP contribution is -2.47. The fourth-order valence-corrected chi connectivity index (χ4v) is 5.13. The molecule has 1 saturated heterocycles. The second-order valence-electron chi connectivity index (χ2n) is 9.99. The molecule has 2 N–H and O–H groups in total. The molecule has 3 aromatic carbocycles. The van der Waals surface area contributed by atoms with Crippen molar-refractivity contribution in [1.29, 1.82) is 0 Å². The van der Waals surface area contributed by atoms with E-state index in [2.05, 4.69) is 34.5 Å². The summed E-state index contributed by atoms with van der Waals surface area (Å²) in [6.45, 7) is 2.02. The van der Waals surface area contributed by atoms with Crippen molar-refractivity contribution in [2.45, 2.75) is 25.0 Å². The maximum absolute atomic E-state index is 13.3. The fourth-order valence-electron chi connectivity index (χ4n) is 5.13. The number of anilines is 3. The number of hydrogen-bond acceptors (Lipinski definition) is 5. The summed E-state index contributed by atoms with van der Waals surface area (Å²) in [5.74, 6) is -0.310. The largest absolute Gasteiger partial charge is 0.371 e. The first-order valence-electron chi connectivity index (χ1n) is 13.0.